The number of aliphatic carboxylic acids is 1. The Morgan fingerprint density at radius 2 is 2.10 bits per heavy atom. The van der Waals surface area contributed by atoms with Crippen molar-refractivity contribution in [3.05, 3.63) is 22.2 Å². The number of ether oxygens (including phenoxy) is 2. The van der Waals surface area contributed by atoms with Gasteiger partial charge in [-0.3, -0.25) is 4.79 Å². The summed E-state index contributed by atoms with van der Waals surface area (Å²) in [6, 6.07) is 3.79. The third-order valence-electron chi connectivity index (χ3n) is 3.50. The molecule has 5 heteroatoms. The zero-order chi connectivity index (χ0) is 14.5. The molecular weight excluding hydrogens is 324 g/mol. The molecule has 110 valence electrons. The average Bonchev–Trinajstić information content (AvgIpc) is 2.89. The van der Waals surface area contributed by atoms with Gasteiger partial charge in [0.05, 0.1) is 17.7 Å². The van der Waals surface area contributed by atoms with Gasteiger partial charge in [-0.05, 0) is 65.7 Å². The summed E-state index contributed by atoms with van der Waals surface area (Å²) in [7, 11) is 1.61. The summed E-state index contributed by atoms with van der Waals surface area (Å²) >= 11 is 3.46. The molecule has 0 radical (unpaired) electrons. The molecule has 2 rings (SSSR count). The first-order valence-electron chi connectivity index (χ1n) is 6.85. The van der Waals surface area contributed by atoms with Gasteiger partial charge in [0.1, 0.15) is 0 Å². The molecule has 0 spiro atoms. The Morgan fingerprint density at radius 1 is 1.40 bits per heavy atom. The Hall–Kier alpha value is -1.23. The molecule has 1 fully saturated rings. The highest BCUT2D eigenvalue weighted by atomic mass is 79.9. The van der Waals surface area contributed by atoms with Crippen LogP contribution in [0, 0.1) is 0 Å². The summed E-state index contributed by atoms with van der Waals surface area (Å²) in [5.74, 6) is 0.584. The summed E-state index contributed by atoms with van der Waals surface area (Å²) in [5, 5.41) is 8.78. The highest BCUT2D eigenvalue weighted by Crippen LogP contribution is 2.38. The first kappa shape index (κ1) is 15.2. The lowest BCUT2D eigenvalue weighted by molar-refractivity contribution is -0.136. The van der Waals surface area contributed by atoms with Crippen molar-refractivity contribution in [1.82, 2.24) is 0 Å². The van der Waals surface area contributed by atoms with Gasteiger partial charge in [-0.25, -0.2) is 0 Å². The molecule has 20 heavy (non-hydrogen) atoms. The molecule has 1 aliphatic carbocycles. The van der Waals surface area contributed by atoms with Crippen LogP contribution in [0.25, 0.3) is 0 Å². The average molecular weight is 343 g/mol. The van der Waals surface area contributed by atoms with Crippen LogP contribution in [0.2, 0.25) is 0 Å². The molecule has 0 saturated heterocycles. The Bertz CT molecular complexity index is 481. The smallest absolute Gasteiger partial charge is 0.303 e. The van der Waals surface area contributed by atoms with Crippen molar-refractivity contribution in [3.63, 3.8) is 0 Å². The van der Waals surface area contributed by atoms with Gasteiger partial charge in [0.15, 0.2) is 11.5 Å². The van der Waals surface area contributed by atoms with Gasteiger partial charge >= 0.3 is 5.97 Å². The zero-order valence-corrected chi connectivity index (χ0v) is 13.1. The summed E-state index contributed by atoms with van der Waals surface area (Å²) in [4.78, 5) is 10.7. The maximum Gasteiger partial charge on any atom is 0.303 e. The molecule has 0 atom stereocenters. The molecule has 0 heterocycles. The van der Waals surface area contributed by atoms with E-state index in [0.717, 1.165) is 22.9 Å². The summed E-state index contributed by atoms with van der Waals surface area (Å²) in [6.45, 7) is 0. The number of benzene rings is 1. The largest absolute Gasteiger partial charge is 0.492 e. The predicted octanol–water partition coefficient (Wildman–Crippen LogP) is 3.80. The Balaban J connectivity index is 2.19. The van der Waals surface area contributed by atoms with Crippen molar-refractivity contribution in [1.29, 1.82) is 0 Å². The number of methoxy groups -OCH3 is 1. The van der Waals surface area contributed by atoms with Gasteiger partial charge in [0.25, 0.3) is 0 Å². The fourth-order valence-corrected chi connectivity index (χ4v) is 3.14. The number of halogens is 1. The molecule has 0 aromatic heterocycles. The summed E-state index contributed by atoms with van der Waals surface area (Å²) in [5.41, 5.74) is 0.938. The topological polar surface area (TPSA) is 55.8 Å². The van der Waals surface area contributed by atoms with Crippen LogP contribution in [0.5, 0.6) is 11.5 Å². The second-order valence-electron chi connectivity index (χ2n) is 5.03. The molecular formula is C15H19BrO4. The van der Waals surface area contributed by atoms with Crippen LogP contribution in [-0.4, -0.2) is 24.3 Å². The van der Waals surface area contributed by atoms with Gasteiger partial charge in [-0.2, -0.15) is 0 Å². The first-order valence-corrected chi connectivity index (χ1v) is 7.64. The van der Waals surface area contributed by atoms with Crippen molar-refractivity contribution in [2.75, 3.05) is 7.11 Å². The van der Waals surface area contributed by atoms with E-state index in [1.807, 2.05) is 12.1 Å². The Kier molecular flexibility index (Phi) is 5.29. The number of carbonyl (C=O) groups is 1. The van der Waals surface area contributed by atoms with Crippen LogP contribution < -0.4 is 9.47 Å². The van der Waals surface area contributed by atoms with Gasteiger partial charge < -0.3 is 14.6 Å². The van der Waals surface area contributed by atoms with Crippen LogP contribution >= 0.6 is 15.9 Å². The van der Waals surface area contributed by atoms with Gasteiger partial charge in [0, 0.05) is 6.42 Å². The number of hydrogen-bond donors (Lipinski definition) is 1. The van der Waals surface area contributed by atoms with E-state index in [4.69, 9.17) is 14.6 Å². The minimum Gasteiger partial charge on any atom is -0.492 e. The maximum atomic E-state index is 10.7. The molecule has 4 nitrogen and oxygen atoms in total. The zero-order valence-electron chi connectivity index (χ0n) is 11.5. The van der Waals surface area contributed by atoms with Crippen LogP contribution in [-0.2, 0) is 11.2 Å². The standard InChI is InChI=1S/C15H19BrO4/c1-19-15-12(16)8-10(6-7-14(17)18)9-13(15)20-11-4-2-3-5-11/h8-9,11H,2-7H2,1H3,(H,17,18). The van der Waals surface area contributed by atoms with E-state index in [1.54, 1.807) is 7.11 Å². The van der Waals surface area contributed by atoms with Crippen LogP contribution in [0.1, 0.15) is 37.7 Å². The van der Waals surface area contributed by atoms with Crippen LogP contribution in [0.4, 0.5) is 0 Å². The third kappa shape index (κ3) is 3.88. The Labute approximate surface area is 127 Å². The molecule has 1 saturated carbocycles. The van der Waals surface area contributed by atoms with E-state index in [0.29, 0.717) is 17.9 Å². The SMILES string of the molecule is COc1c(Br)cc(CCC(=O)O)cc1OC1CCCC1. The third-order valence-corrected chi connectivity index (χ3v) is 4.09. The fourth-order valence-electron chi connectivity index (χ4n) is 2.49. The fraction of sp³-hybridized carbons (Fsp3) is 0.533. The molecule has 0 amide bonds. The van der Waals surface area contributed by atoms with E-state index in [9.17, 15) is 4.79 Å². The lowest BCUT2D eigenvalue weighted by atomic mass is 10.1. The van der Waals surface area contributed by atoms with Crippen molar-refractivity contribution < 1.29 is 19.4 Å². The van der Waals surface area contributed by atoms with Crippen LogP contribution in [0.3, 0.4) is 0 Å². The lowest BCUT2D eigenvalue weighted by Crippen LogP contribution is -2.12. The highest BCUT2D eigenvalue weighted by molar-refractivity contribution is 9.10. The van der Waals surface area contributed by atoms with E-state index in [-0.39, 0.29) is 12.5 Å². The van der Waals surface area contributed by atoms with E-state index in [2.05, 4.69) is 15.9 Å². The lowest BCUT2D eigenvalue weighted by Gasteiger charge is -2.18. The number of carboxylic acid groups (broad SMARTS) is 1. The van der Waals surface area contributed by atoms with Crippen molar-refractivity contribution in [2.45, 2.75) is 44.6 Å². The van der Waals surface area contributed by atoms with Gasteiger partial charge in [-0.15, -0.1) is 0 Å². The maximum absolute atomic E-state index is 10.7. The molecule has 1 aliphatic rings. The van der Waals surface area contributed by atoms with E-state index in [1.165, 1.54) is 12.8 Å². The van der Waals surface area contributed by atoms with E-state index < -0.39 is 5.97 Å². The quantitative estimate of drug-likeness (QED) is 0.854. The number of rotatable bonds is 6. The van der Waals surface area contributed by atoms with Crippen molar-refractivity contribution >= 4 is 21.9 Å². The molecule has 0 unspecified atom stereocenters. The van der Waals surface area contributed by atoms with Gasteiger partial charge in [-0.1, -0.05) is 0 Å². The minimum atomic E-state index is -0.796. The van der Waals surface area contributed by atoms with Crippen molar-refractivity contribution in [3.8, 4) is 11.5 Å². The molecule has 1 N–H and O–H groups in total. The number of carboxylic acids is 1. The highest BCUT2D eigenvalue weighted by Gasteiger charge is 2.20. The monoisotopic (exact) mass is 342 g/mol. The first-order chi connectivity index (χ1) is 9.60. The normalized spacial score (nSPS) is 15.3. The van der Waals surface area contributed by atoms with E-state index >= 15 is 0 Å². The minimum absolute atomic E-state index is 0.113. The second kappa shape index (κ2) is 6.97. The second-order valence-corrected chi connectivity index (χ2v) is 5.88. The van der Waals surface area contributed by atoms with Gasteiger partial charge in [0.2, 0.25) is 0 Å². The predicted molar refractivity (Wildman–Crippen MR) is 79.5 cm³/mol. The molecule has 1 aromatic carbocycles. The van der Waals surface area contributed by atoms with Crippen LogP contribution in [0.15, 0.2) is 16.6 Å². The number of aryl methyl sites for hydroxylation is 1. The number of hydrogen-bond acceptors (Lipinski definition) is 3. The Morgan fingerprint density at radius 3 is 2.70 bits per heavy atom. The molecule has 0 bridgehead atoms. The molecule has 0 aliphatic heterocycles. The summed E-state index contributed by atoms with van der Waals surface area (Å²) in [6.07, 6.45) is 5.38. The summed E-state index contributed by atoms with van der Waals surface area (Å²) < 4.78 is 12.2. The van der Waals surface area contributed by atoms with Crippen molar-refractivity contribution in [2.24, 2.45) is 0 Å². The molecule has 1 aromatic rings.